The fourth-order valence-electron chi connectivity index (χ4n) is 2.55. The molecule has 0 aliphatic carbocycles. The Balaban J connectivity index is 2.04. The van der Waals surface area contributed by atoms with Crippen molar-refractivity contribution in [2.75, 3.05) is 11.1 Å². The Morgan fingerprint density at radius 1 is 1.09 bits per heavy atom. The standard InChI is InChI=1S/C18H17N3O/c1-11-4-3-5-12(2)16(11)21-18(22)17-15-10-14(19)7-6-13(15)8-9-20-17/h3-10H,19H2,1-2H3,(H,21,22). The van der Waals surface area contributed by atoms with Gasteiger partial charge in [0.15, 0.2) is 0 Å². The van der Waals surface area contributed by atoms with Crippen LogP contribution in [0.1, 0.15) is 21.6 Å². The van der Waals surface area contributed by atoms with Crippen LogP contribution in [0.2, 0.25) is 0 Å². The van der Waals surface area contributed by atoms with Gasteiger partial charge in [-0.05, 0) is 48.6 Å². The molecular weight excluding hydrogens is 274 g/mol. The normalized spacial score (nSPS) is 10.6. The van der Waals surface area contributed by atoms with E-state index < -0.39 is 0 Å². The number of anilines is 2. The van der Waals surface area contributed by atoms with E-state index in [0.717, 1.165) is 27.6 Å². The summed E-state index contributed by atoms with van der Waals surface area (Å²) in [6.07, 6.45) is 1.64. The highest BCUT2D eigenvalue weighted by Gasteiger charge is 2.14. The van der Waals surface area contributed by atoms with E-state index in [9.17, 15) is 4.79 Å². The summed E-state index contributed by atoms with van der Waals surface area (Å²) in [7, 11) is 0. The number of amides is 1. The molecule has 0 radical (unpaired) electrons. The first kappa shape index (κ1) is 14.1. The first-order valence-corrected chi connectivity index (χ1v) is 7.08. The quantitative estimate of drug-likeness (QED) is 0.708. The van der Waals surface area contributed by atoms with Crippen LogP contribution in [0, 0.1) is 13.8 Å². The molecule has 1 heterocycles. The molecule has 3 aromatic rings. The van der Waals surface area contributed by atoms with E-state index >= 15 is 0 Å². The van der Waals surface area contributed by atoms with Crippen molar-refractivity contribution in [1.29, 1.82) is 0 Å². The predicted molar refractivity (Wildman–Crippen MR) is 90.0 cm³/mol. The topological polar surface area (TPSA) is 68.0 Å². The van der Waals surface area contributed by atoms with Crippen LogP contribution in [0.25, 0.3) is 10.8 Å². The van der Waals surface area contributed by atoms with Crippen LogP contribution >= 0.6 is 0 Å². The Bertz CT molecular complexity index is 851. The van der Waals surface area contributed by atoms with Crippen LogP contribution < -0.4 is 11.1 Å². The molecule has 0 aliphatic rings. The van der Waals surface area contributed by atoms with Crippen molar-refractivity contribution in [3.05, 3.63) is 65.5 Å². The Morgan fingerprint density at radius 3 is 2.55 bits per heavy atom. The van der Waals surface area contributed by atoms with E-state index in [2.05, 4.69) is 10.3 Å². The lowest BCUT2D eigenvalue weighted by atomic mass is 10.1. The number of nitrogen functional groups attached to an aromatic ring is 1. The average molecular weight is 291 g/mol. The first-order chi connectivity index (χ1) is 10.6. The maximum atomic E-state index is 12.6. The number of fused-ring (bicyclic) bond motifs is 1. The molecule has 0 saturated heterocycles. The van der Waals surface area contributed by atoms with E-state index in [0.29, 0.717) is 11.4 Å². The third-order valence-corrected chi connectivity index (χ3v) is 3.72. The summed E-state index contributed by atoms with van der Waals surface area (Å²) in [4.78, 5) is 16.9. The van der Waals surface area contributed by atoms with Crippen molar-refractivity contribution in [2.45, 2.75) is 13.8 Å². The smallest absolute Gasteiger partial charge is 0.274 e. The molecule has 2 aromatic carbocycles. The number of carbonyl (C=O) groups excluding carboxylic acids is 1. The number of aromatic nitrogens is 1. The van der Waals surface area contributed by atoms with Gasteiger partial charge in [0, 0.05) is 23.0 Å². The molecule has 0 unspecified atom stereocenters. The number of nitrogens with two attached hydrogens (primary N) is 1. The summed E-state index contributed by atoms with van der Waals surface area (Å²) in [6.45, 7) is 3.94. The molecule has 0 spiro atoms. The maximum Gasteiger partial charge on any atom is 0.274 e. The fourth-order valence-corrected chi connectivity index (χ4v) is 2.55. The molecule has 4 heteroatoms. The summed E-state index contributed by atoms with van der Waals surface area (Å²) >= 11 is 0. The molecule has 1 aromatic heterocycles. The zero-order chi connectivity index (χ0) is 15.7. The van der Waals surface area contributed by atoms with Crippen molar-refractivity contribution in [3.63, 3.8) is 0 Å². The molecule has 0 saturated carbocycles. The number of para-hydroxylation sites is 1. The monoisotopic (exact) mass is 291 g/mol. The van der Waals surface area contributed by atoms with Gasteiger partial charge in [-0.3, -0.25) is 9.78 Å². The lowest BCUT2D eigenvalue weighted by Gasteiger charge is -2.12. The number of nitrogens with one attached hydrogen (secondary N) is 1. The van der Waals surface area contributed by atoms with Crippen molar-refractivity contribution in [2.24, 2.45) is 0 Å². The lowest BCUT2D eigenvalue weighted by molar-refractivity contribution is 0.102. The van der Waals surface area contributed by atoms with Crippen molar-refractivity contribution < 1.29 is 4.79 Å². The third kappa shape index (κ3) is 2.51. The summed E-state index contributed by atoms with van der Waals surface area (Å²) < 4.78 is 0. The van der Waals surface area contributed by atoms with Crippen molar-refractivity contribution in [1.82, 2.24) is 4.98 Å². The number of hydrogen-bond acceptors (Lipinski definition) is 3. The Morgan fingerprint density at radius 2 is 1.82 bits per heavy atom. The number of aryl methyl sites for hydroxylation is 2. The van der Waals surface area contributed by atoms with Gasteiger partial charge < -0.3 is 11.1 Å². The second-order valence-corrected chi connectivity index (χ2v) is 5.36. The molecule has 0 fully saturated rings. The summed E-state index contributed by atoms with van der Waals surface area (Å²) in [5.41, 5.74) is 9.70. The maximum absolute atomic E-state index is 12.6. The van der Waals surface area contributed by atoms with Crippen LogP contribution in [-0.4, -0.2) is 10.9 Å². The predicted octanol–water partition coefficient (Wildman–Crippen LogP) is 3.69. The van der Waals surface area contributed by atoms with Gasteiger partial charge in [0.2, 0.25) is 0 Å². The van der Waals surface area contributed by atoms with E-state index in [1.165, 1.54) is 0 Å². The minimum atomic E-state index is -0.228. The summed E-state index contributed by atoms with van der Waals surface area (Å²) in [5.74, 6) is -0.228. The lowest BCUT2D eigenvalue weighted by Crippen LogP contribution is -2.15. The third-order valence-electron chi connectivity index (χ3n) is 3.72. The molecule has 3 rings (SSSR count). The van der Waals surface area contributed by atoms with E-state index in [-0.39, 0.29) is 5.91 Å². The highest BCUT2D eigenvalue weighted by atomic mass is 16.1. The van der Waals surface area contributed by atoms with E-state index in [1.54, 1.807) is 12.3 Å². The molecule has 4 nitrogen and oxygen atoms in total. The molecule has 3 N–H and O–H groups in total. The zero-order valence-electron chi connectivity index (χ0n) is 12.6. The van der Waals surface area contributed by atoms with Gasteiger partial charge in [-0.25, -0.2) is 0 Å². The minimum Gasteiger partial charge on any atom is -0.399 e. The Kier molecular flexibility index (Phi) is 3.51. The van der Waals surface area contributed by atoms with Crippen LogP contribution in [0.3, 0.4) is 0 Å². The zero-order valence-corrected chi connectivity index (χ0v) is 12.6. The molecule has 0 atom stereocenters. The van der Waals surface area contributed by atoms with Crippen LogP contribution in [0.15, 0.2) is 48.7 Å². The average Bonchev–Trinajstić information content (AvgIpc) is 2.50. The van der Waals surface area contributed by atoms with Crippen molar-refractivity contribution in [3.8, 4) is 0 Å². The van der Waals surface area contributed by atoms with Gasteiger partial charge in [0.05, 0.1) is 0 Å². The molecule has 0 aliphatic heterocycles. The van der Waals surface area contributed by atoms with Gasteiger partial charge in [-0.1, -0.05) is 24.3 Å². The Hall–Kier alpha value is -2.88. The van der Waals surface area contributed by atoms with Crippen molar-refractivity contribution >= 4 is 28.1 Å². The highest BCUT2D eigenvalue weighted by molar-refractivity contribution is 6.12. The van der Waals surface area contributed by atoms with E-state index in [1.807, 2.05) is 50.2 Å². The summed E-state index contributed by atoms with van der Waals surface area (Å²) in [5, 5.41) is 4.66. The number of nitrogens with zero attached hydrogens (tertiary/aromatic N) is 1. The number of hydrogen-bond donors (Lipinski definition) is 2. The molecule has 22 heavy (non-hydrogen) atoms. The van der Waals surface area contributed by atoms with Gasteiger partial charge in [0.1, 0.15) is 5.69 Å². The molecular formula is C18H17N3O. The van der Waals surface area contributed by atoms with Crippen LogP contribution in [0.4, 0.5) is 11.4 Å². The largest absolute Gasteiger partial charge is 0.399 e. The number of benzene rings is 2. The fraction of sp³-hybridized carbons (Fsp3) is 0.111. The number of carbonyl (C=O) groups is 1. The van der Waals surface area contributed by atoms with Gasteiger partial charge in [-0.2, -0.15) is 0 Å². The van der Waals surface area contributed by atoms with Crippen LogP contribution in [-0.2, 0) is 0 Å². The van der Waals surface area contributed by atoms with Crippen LogP contribution in [0.5, 0.6) is 0 Å². The molecule has 0 bridgehead atoms. The SMILES string of the molecule is Cc1cccc(C)c1NC(=O)c1nccc2ccc(N)cc12. The number of rotatable bonds is 2. The second-order valence-electron chi connectivity index (χ2n) is 5.36. The second kappa shape index (κ2) is 5.48. The molecule has 1 amide bonds. The van der Waals surface area contributed by atoms with Gasteiger partial charge in [-0.15, -0.1) is 0 Å². The van der Waals surface area contributed by atoms with Gasteiger partial charge >= 0.3 is 0 Å². The number of pyridine rings is 1. The first-order valence-electron chi connectivity index (χ1n) is 7.08. The highest BCUT2D eigenvalue weighted by Crippen LogP contribution is 2.23. The molecule has 110 valence electrons. The minimum absolute atomic E-state index is 0.228. The van der Waals surface area contributed by atoms with Gasteiger partial charge in [0.25, 0.3) is 5.91 Å². The Labute approximate surface area is 129 Å². The summed E-state index contributed by atoms with van der Waals surface area (Å²) in [6, 6.07) is 13.3. The van der Waals surface area contributed by atoms with E-state index in [4.69, 9.17) is 5.73 Å².